The molecule has 2 aromatic rings. The standard InChI is InChI=1S/C15H16.C3H8/c1-4-7-13-11(2)10-12(3)14-8-5-6-9-15(13)14;1-3-2/h5-10H,2,4H2,1,3H3;3H2,1-2H3/b13-7+;. The van der Waals surface area contributed by atoms with Crippen LogP contribution in [0.15, 0.2) is 30.3 Å². The van der Waals surface area contributed by atoms with Gasteiger partial charge in [-0.15, -0.1) is 0 Å². The number of fused-ring (bicyclic) bond motifs is 1. The molecule has 0 fully saturated rings. The normalized spacial score (nSPS) is 11.2. The number of rotatable bonds is 1. The molecule has 2 aromatic carbocycles. The van der Waals surface area contributed by atoms with Gasteiger partial charge in [0.25, 0.3) is 0 Å². The molecule has 96 valence electrons. The molecule has 0 aliphatic rings. The van der Waals surface area contributed by atoms with Crippen LogP contribution in [0.4, 0.5) is 0 Å². The fourth-order valence-corrected chi connectivity index (χ4v) is 2.10. The van der Waals surface area contributed by atoms with Crippen molar-refractivity contribution in [3.05, 3.63) is 46.3 Å². The van der Waals surface area contributed by atoms with Gasteiger partial charge in [-0.25, -0.2) is 0 Å². The van der Waals surface area contributed by atoms with E-state index >= 15 is 0 Å². The molecule has 0 aliphatic heterocycles. The minimum absolute atomic E-state index is 1.05. The van der Waals surface area contributed by atoms with Gasteiger partial charge in [-0.3, -0.25) is 0 Å². The van der Waals surface area contributed by atoms with Crippen molar-refractivity contribution in [1.29, 1.82) is 0 Å². The largest absolute Gasteiger partial charge is 0.0911 e. The lowest BCUT2D eigenvalue weighted by atomic mass is 10.0. The van der Waals surface area contributed by atoms with Gasteiger partial charge >= 0.3 is 0 Å². The van der Waals surface area contributed by atoms with Crippen molar-refractivity contribution in [1.82, 2.24) is 0 Å². The first-order valence-electron chi connectivity index (χ1n) is 6.83. The second kappa shape index (κ2) is 7.00. The smallest absolute Gasteiger partial charge is 0.0106 e. The van der Waals surface area contributed by atoms with Gasteiger partial charge in [0.05, 0.1) is 0 Å². The molecule has 0 heterocycles. The van der Waals surface area contributed by atoms with Gasteiger partial charge in [-0.1, -0.05) is 70.2 Å². The minimum atomic E-state index is 1.05. The topological polar surface area (TPSA) is 0 Å². The number of benzene rings is 2. The summed E-state index contributed by atoms with van der Waals surface area (Å²) in [5, 5.41) is 5.08. The van der Waals surface area contributed by atoms with Crippen LogP contribution in [0, 0.1) is 6.92 Å². The van der Waals surface area contributed by atoms with Crippen molar-refractivity contribution in [2.75, 3.05) is 0 Å². The molecule has 0 bridgehead atoms. The van der Waals surface area contributed by atoms with Crippen LogP contribution in [-0.2, 0) is 0 Å². The van der Waals surface area contributed by atoms with Crippen molar-refractivity contribution < 1.29 is 0 Å². The molecular formula is C18H24. The molecule has 0 saturated heterocycles. The molecule has 0 spiro atoms. The van der Waals surface area contributed by atoms with Crippen molar-refractivity contribution in [3.63, 3.8) is 0 Å². The fraction of sp³-hybridized carbons (Fsp3) is 0.333. The monoisotopic (exact) mass is 240 g/mol. The predicted octanol–water partition coefficient (Wildman–Crippen LogP) is 4.17. The van der Waals surface area contributed by atoms with Crippen LogP contribution in [0.1, 0.15) is 39.2 Å². The van der Waals surface area contributed by atoms with Crippen LogP contribution in [0.2, 0.25) is 0 Å². The summed E-state index contributed by atoms with van der Waals surface area (Å²) >= 11 is 0. The second-order valence-corrected chi connectivity index (χ2v) is 4.63. The zero-order valence-corrected chi connectivity index (χ0v) is 12.1. The van der Waals surface area contributed by atoms with Crippen LogP contribution in [0.3, 0.4) is 0 Å². The molecule has 18 heavy (non-hydrogen) atoms. The summed E-state index contributed by atoms with van der Waals surface area (Å²) in [6.45, 7) is 12.7. The van der Waals surface area contributed by atoms with Gasteiger partial charge in [-0.05, 0) is 40.1 Å². The summed E-state index contributed by atoms with van der Waals surface area (Å²) in [5.41, 5.74) is 1.31. The molecule has 0 atom stereocenters. The highest BCUT2D eigenvalue weighted by atomic mass is 14.0. The van der Waals surface area contributed by atoms with E-state index in [1.54, 1.807) is 0 Å². The van der Waals surface area contributed by atoms with E-state index in [2.05, 4.69) is 70.7 Å². The average Bonchev–Trinajstić information content (AvgIpc) is 2.35. The molecule has 0 N–H and O–H groups in total. The van der Waals surface area contributed by atoms with E-state index in [9.17, 15) is 0 Å². The average molecular weight is 240 g/mol. The molecule has 0 saturated carbocycles. The summed E-state index contributed by atoms with van der Waals surface area (Å²) in [4.78, 5) is 0. The lowest BCUT2D eigenvalue weighted by molar-refractivity contribution is 1.09. The zero-order valence-electron chi connectivity index (χ0n) is 12.1. The Balaban J connectivity index is 0.000000492. The lowest BCUT2D eigenvalue weighted by Crippen LogP contribution is -2.24. The molecule has 0 aromatic heterocycles. The Morgan fingerprint density at radius 1 is 1.06 bits per heavy atom. The highest BCUT2D eigenvalue weighted by Gasteiger charge is 1.98. The summed E-state index contributed by atoms with van der Waals surface area (Å²) < 4.78 is 0. The van der Waals surface area contributed by atoms with Gasteiger partial charge in [0, 0.05) is 0 Å². The summed E-state index contributed by atoms with van der Waals surface area (Å²) in [6, 6.07) is 10.7. The van der Waals surface area contributed by atoms with Crippen LogP contribution in [-0.4, -0.2) is 0 Å². The zero-order chi connectivity index (χ0) is 13.5. The maximum absolute atomic E-state index is 4.12. The van der Waals surface area contributed by atoms with Crippen molar-refractivity contribution in [3.8, 4) is 0 Å². The van der Waals surface area contributed by atoms with Gasteiger partial charge in [-0.2, -0.15) is 0 Å². The molecule has 0 heteroatoms. The second-order valence-electron chi connectivity index (χ2n) is 4.63. The van der Waals surface area contributed by atoms with Crippen molar-refractivity contribution in [2.45, 2.75) is 40.5 Å². The first-order valence-corrected chi connectivity index (χ1v) is 6.83. The molecular weight excluding hydrogens is 216 g/mol. The Bertz CT molecular complexity index is 606. The van der Waals surface area contributed by atoms with E-state index in [1.807, 2.05) is 0 Å². The Labute approximate surface area is 111 Å². The van der Waals surface area contributed by atoms with Crippen LogP contribution >= 0.6 is 0 Å². The van der Waals surface area contributed by atoms with E-state index in [4.69, 9.17) is 0 Å². The van der Waals surface area contributed by atoms with E-state index in [0.717, 1.165) is 11.6 Å². The molecule has 0 unspecified atom stereocenters. The molecule has 0 nitrogen and oxygen atoms in total. The summed E-state index contributed by atoms with van der Waals surface area (Å²) in [6.07, 6.45) is 4.56. The van der Waals surface area contributed by atoms with Crippen LogP contribution < -0.4 is 10.4 Å². The third kappa shape index (κ3) is 3.22. The lowest BCUT2D eigenvalue weighted by Gasteiger charge is -2.03. The maximum atomic E-state index is 4.12. The predicted molar refractivity (Wildman–Crippen MR) is 84.2 cm³/mol. The van der Waals surface area contributed by atoms with E-state index in [1.165, 1.54) is 28.0 Å². The Morgan fingerprint density at radius 2 is 1.61 bits per heavy atom. The van der Waals surface area contributed by atoms with Crippen LogP contribution in [0.5, 0.6) is 0 Å². The Kier molecular flexibility index (Phi) is 5.64. The third-order valence-electron chi connectivity index (χ3n) is 2.79. The molecule has 2 rings (SSSR count). The van der Waals surface area contributed by atoms with E-state index in [0.29, 0.717) is 0 Å². The SMILES string of the molecule is C=c1cc(C)c2ccccc2/c1=C/CC.CCC. The first-order chi connectivity index (χ1) is 8.65. The molecule has 0 aliphatic carbocycles. The number of hydrogen-bond acceptors (Lipinski definition) is 0. The first kappa shape index (κ1) is 14.5. The number of aryl methyl sites for hydroxylation is 1. The summed E-state index contributed by atoms with van der Waals surface area (Å²) in [7, 11) is 0. The van der Waals surface area contributed by atoms with Crippen molar-refractivity contribution >= 4 is 23.4 Å². The fourth-order valence-electron chi connectivity index (χ4n) is 2.10. The summed E-state index contributed by atoms with van der Waals surface area (Å²) in [5.74, 6) is 0. The third-order valence-corrected chi connectivity index (χ3v) is 2.79. The van der Waals surface area contributed by atoms with Gasteiger partial charge < -0.3 is 0 Å². The molecule has 0 amide bonds. The van der Waals surface area contributed by atoms with E-state index < -0.39 is 0 Å². The van der Waals surface area contributed by atoms with Crippen molar-refractivity contribution in [2.24, 2.45) is 0 Å². The maximum Gasteiger partial charge on any atom is -0.0106 e. The highest BCUT2D eigenvalue weighted by Crippen LogP contribution is 2.12. The Hall–Kier alpha value is -1.56. The quantitative estimate of drug-likeness (QED) is 0.702. The van der Waals surface area contributed by atoms with E-state index in [-0.39, 0.29) is 0 Å². The Morgan fingerprint density at radius 3 is 2.17 bits per heavy atom. The van der Waals surface area contributed by atoms with Crippen LogP contribution in [0.25, 0.3) is 23.4 Å². The minimum Gasteiger partial charge on any atom is -0.0911 e. The highest BCUT2D eigenvalue weighted by molar-refractivity contribution is 5.86. The van der Waals surface area contributed by atoms with Gasteiger partial charge in [0.15, 0.2) is 0 Å². The molecule has 0 radical (unpaired) electrons. The van der Waals surface area contributed by atoms with Gasteiger partial charge in [0.2, 0.25) is 0 Å². The van der Waals surface area contributed by atoms with Gasteiger partial charge in [0.1, 0.15) is 0 Å². The number of hydrogen-bond donors (Lipinski definition) is 0.